The Labute approximate surface area is 109 Å². The van der Waals surface area contributed by atoms with Crippen molar-refractivity contribution < 1.29 is 13.6 Å². The van der Waals surface area contributed by atoms with Crippen molar-refractivity contribution in [3.63, 3.8) is 0 Å². The van der Waals surface area contributed by atoms with Crippen LogP contribution in [0.5, 0.6) is 0 Å². The van der Waals surface area contributed by atoms with Crippen molar-refractivity contribution in [3.8, 4) is 0 Å². The van der Waals surface area contributed by atoms with Gasteiger partial charge in [0, 0.05) is 6.54 Å². The molecule has 1 atom stereocenters. The topological polar surface area (TPSA) is 55.1 Å². The maximum Gasteiger partial charge on any atom is 0.257 e. The molecule has 1 rings (SSSR count). The van der Waals surface area contributed by atoms with Gasteiger partial charge >= 0.3 is 0 Å². The number of nitrogens with one attached hydrogen (secondary N) is 1. The molecule has 0 radical (unpaired) electrons. The standard InChI is InChI=1S/C12H16F2N2OS/c1-7(6-18-2)5-16-12(17)10-8(13)3-4-9(15)11(10)14/h3-4,7H,5-6,15H2,1-2H3,(H,16,17). The number of anilines is 1. The largest absolute Gasteiger partial charge is 0.396 e. The third-order valence-electron chi connectivity index (χ3n) is 2.41. The molecule has 0 heterocycles. The van der Waals surface area contributed by atoms with Gasteiger partial charge in [0.15, 0.2) is 5.82 Å². The van der Waals surface area contributed by atoms with Gasteiger partial charge in [-0.25, -0.2) is 8.78 Å². The molecule has 0 aromatic heterocycles. The predicted octanol–water partition coefficient (Wildman–Crippen LogP) is 2.28. The van der Waals surface area contributed by atoms with Gasteiger partial charge in [0.2, 0.25) is 0 Å². The van der Waals surface area contributed by atoms with Crippen LogP contribution in [0.2, 0.25) is 0 Å². The number of rotatable bonds is 5. The summed E-state index contributed by atoms with van der Waals surface area (Å²) in [7, 11) is 0. The van der Waals surface area contributed by atoms with Crippen molar-refractivity contribution in [3.05, 3.63) is 29.3 Å². The number of hydrogen-bond acceptors (Lipinski definition) is 3. The van der Waals surface area contributed by atoms with E-state index in [1.807, 2.05) is 13.2 Å². The molecule has 0 saturated heterocycles. The van der Waals surface area contributed by atoms with Crippen LogP contribution in [-0.4, -0.2) is 24.5 Å². The molecule has 0 bridgehead atoms. The van der Waals surface area contributed by atoms with Crippen LogP contribution in [0.15, 0.2) is 12.1 Å². The molecule has 3 nitrogen and oxygen atoms in total. The number of thioether (sulfide) groups is 1. The van der Waals surface area contributed by atoms with Gasteiger partial charge in [-0.3, -0.25) is 4.79 Å². The summed E-state index contributed by atoms with van der Waals surface area (Å²) >= 11 is 1.65. The third-order valence-corrected chi connectivity index (χ3v) is 3.31. The van der Waals surface area contributed by atoms with Crippen LogP contribution in [0.1, 0.15) is 17.3 Å². The summed E-state index contributed by atoms with van der Waals surface area (Å²) in [5.41, 5.74) is 4.45. The number of carbonyl (C=O) groups excluding carboxylic acids is 1. The Balaban J connectivity index is 2.76. The summed E-state index contributed by atoms with van der Waals surface area (Å²) < 4.78 is 26.9. The minimum absolute atomic E-state index is 0.233. The van der Waals surface area contributed by atoms with Gasteiger partial charge in [0.1, 0.15) is 11.4 Å². The SMILES string of the molecule is CSCC(C)CNC(=O)c1c(F)ccc(N)c1F. The molecule has 6 heteroatoms. The Kier molecular flexibility index (Phi) is 5.40. The predicted molar refractivity (Wildman–Crippen MR) is 70.6 cm³/mol. The Morgan fingerprint density at radius 3 is 2.78 bits per heavy atom. The van der Waals surface area contributed by atoms with Crippen LogP contribution >= 0.6 is 11.8 Å². The average molecular weight is 274 g/mol. The van der Waals surface area contributed by atoms with Crippen molar-refractivity contribution in [2.75, 3.05) is 24.3 Å². The Bertz CT molecular complexity index is 440. The Hall–Kier alpha value is -1.30. The molecule has 1 unspecified atom stereocenters. The fourth-order valence-electron chi connectivity index (χ4n) is 1.48. The summed E-state index contributed by atoms with van der Waals surface area (Å²) in [4.78, 5) is 11.7. The zero-order valence-electron chi connectivity index (χ0n) is 10.3. The lowest BCUT2D eigenvalue weighted by Crippen LogP contribution is -2.30. The molecule has 0 fully saturated rings. The van der Waals surface area contributed by atoms with Crippen LogP contribution in [0, 0.1) is 17.6 Å². The monoisotopic (exact) mass is 274 g/mol. The fourth-order valence-corrected chi connectivity index (χ4v) is 2.16. The number of nitrogen functional groups attached to an aromatic ring is 1. The molecule has 100 valence electrons. The molecule has 1 aromatic carbocycles. The first kappa shape index (κ1) is 14.8. The maximum absolute atomic E-state index is 13.6. The molecule has 0 aliphatic carbocycles. The molecule has 3 N–H and O–H groups in total. The van der Waals surface area contributed by atoms with Crippen molar-refractivity contribution in [1.29, 1.82) is 0 Å². The number of amides is 1. The van der Waals surface area contributed by atoms with Crippen molar-refractivity contribution in [2.45, 2.75) is 6.92 Å². The summed E-state index contributed by atoms with van der Waals surface area (Å²) in [5, 5.41) is 2.50. The molecular formula is C12H16F2N2OS. The quantitative estimate of drug-likeness (QED) is 0.810. The van der Waals surface area contributed by atoms with E-state index >= 15 is 0 Å². The average Bonchev–Trinajstić information content (AvgIpc) is 2.32. The molecule has 1 amide bonds. The first-order valence-electron chi connectivity index (χ1n) is 5.48. The lowest BCUT2D eigenvalue weighted by molar-refractivity contribution is 0.0941. The Morgan fingerprint density at radius 2 is 2.17 bits per heavy atom. The number of hydrogen-bond donors (Lipinski definition) is 2. The van der Waals surface area contributed by atoms with E-state index < -0.39 is 23.1 Å². The minimum Gasteiger partial charge on any atom is -0.396 e. The first-order valence-corrected chi connectivity index (χ1v) is 6.87. The minimum atomic E-state index is -1.01. The van der Waals surface area contributed by atoms with Crippen LogP contribution in [0.25, 0.3) is 0 Å². The second-order valence-corrected chi connectivity index (χ2v) is 5.01. The lowest BCUT2D eigenvalue weighted by atomic mass is 10.1. The molecule has 0 aliphatic rings. The van der Waals surface area contributed by atoms with Crippen molar-refractivity contribution in [1.82, 2.24) is 5.32 Å². The number of benzene rings is 1. The van der Waals surface area contributed by atoms with Crippen LogP contribution < -0.4 is 11.1 Å². The van der Waals surface area contributed by atoms with Gasteiger partial charge in [-0.1, -0.05) is 6.92 Å². The second kappa shape index (κ2) is 6.58. The van der Waals surface area contributed by atoms with Gasteiger partial charge < -0.3 is 11.1 Å². The van der Waals surface area contributed by atoms with E-state index in [1.165, 1.54) is 0 Å². The molecule has 0 spiro atoms. The maximum atomic E-state index is 13.6. The van der Waals surface area contributed by atoms with E-state index in [0.717, 1.165) is 17.9 Å². The van der Waals surface area contributed by atoms with E-state index in [1.54, 1.807) is 11.8 Å². The van der Waals surface area contributed by atoms with Gasteiger partial charge in [-0.15, -0.1) is 0 Å². The highest BCUT2D eigenvalue weighted by Gasteiger charge is 2.19. The molecule has 18 heavy (non-hydrogen) atoms. The van der Waals surface area contributed by atoms with Crippen molar-refractivity contribution >= 4 is 23.4 Å². The van der Waals surface area contributed by atoms with Gasteiger partial charge in [-0.05, 0) is 30.1 Å². The highest BCUT2D eigenvalue weighted by molar-refractivity contribution is 7.98. The lowest BCUT2D eigenvalue weighted by Gasteiger charge is -2.12. The van der Waals surface area contributed by atoms with E-state index in [4.69, 9.17) is 5.73 Å². The third kappa shape index (κ3) is 3.60. The molecule has 0 aliphatic heterocycles. The highest BCUT2D eigenvalue weighted by Crippen LogP contribution is 2.18. The zero-order valence-corrected chi connectivity index (χ0v) is 11.1. The summed E-state index contributed by atoms with van der Waals surface area (Å²) in [6.45, 7) is 2.32. The van der Waals surface area contributed by atoms with Gasteiger partial charge in [0.25, 0.3) is 5.91 Å². The van der Waals surface area contributed by atoms with Crippen molar-refractivity contribution in [2.24, 2.45) is 5.92 Å². The Morgan fingerprint density at radius 1 is 1.50 bits per heavy atom. The first-order chi connectivity index (χ1) is 8.47. The van der Waals surface area contributed by atoms with Crippen LogP contribution in [0.3, 0.4) is 0 Å². The molecular weight excluding hydrogens is 258 g/mol. The number of carbonyl (C=O) groups is 1. The van der Waals surface area contributed by atoms with Gasteiger partial charge in [-0.2, -0.15) is 11.8 Å². The van der Waals surface area contributed by atoms with Crippen LogP contribution in [0.4, 0.5) is 14.5 Å². The number of nitrogens with two attached hydrogens (primary N) is 1. The molecule has 1 aromatic rings. The number of halogens is 2. The second-order valence-electron chi connectivity index (χ2n) is 4.10. The smallest absolute Gasteiger partial charge is 0.257 e. The highest BCUT2D eigenvalue weighted by atomic mass is 32.2. The van der Waals surface area contributed by atoms with E-state index in [-0.39, 0.29) is 11.6 Å². The normalized spacial score (nSPS) is 12.2. The zero-order chi connectivity index (χ0) is 13.7. The van der Waals surface area contributed by atoms with Gasteiger partial charge in [0.05, 0.1) is 5.69 Å². The van der Waals surface area contributed by atoms with Crippen LogP contribution in [-0.2, 0) is 0 Å². The summed E-state index contributed by atoms with van der Waals surface area (Å²) in [5.74, 6) is -1.59. The van der Waals surface area contributed by atoms with E-state index in [9.17, 15) is 13.6 Å². The fraction of sp³-hybridized carbons (Fsp3) is 0.417. The molecule has 0 saturated carbocycles. The van der Waals surface area contributed by atoms with E-state index in [2.05, 4.69) is 5.32 Å². The summed E-state index contributed by atoms with van der Waals surface area (Å²) in [6.07, 6.45) is 1.95. The summed E-state index contributed by atoms with van der Waals surface area (Å²) in [6, 6.07) is 2.08. The van der Waals surface area contributed by atoms with E-state index in [0.29, 0.717) is 6.54 Å².